The fourth-order valence-electron chi connectivity index (χ4n) is 3.01. The molecule has 23 heavy (non-hydrogen) atoms. The van der Waals surface area contributed by atoms with Crippen molar-refractivity contribution in [1.82, 2.24) is 19.8 Å². The summed E-state index contributed by atoms with van der Waals surface area (Å²) >= 11 is 0. The summed E-state index contributed by atoms with van der Waals surface area (Å²) in [6, 6.07) is 3.96. The Morgan fingerprint density at radius 1 is 1.39 bits per heavy atom. The molecule has 7 nitrogen and oxygen atoms in total. The van der Waals surface area contributed by atoms with Crippen LogP contribution in [0.5, 0.6) is 5.75 Å². The van der Waals surface area contributed by atoms with Crippen molar-refractivity contribution < 1.29 is 14.2 Å². The average Bonchev–Trinajstić information content (AvgIpc) is 3.18. The normalized spacial score (nSPS) is 16.7. The van der Waals surface area contributed by atoms with Crippen LogP contribution in [0.3, 0.4) is 0 Å². The summed E-state index contributed by atoms with van der Waals surface area (Å²) in [6.45, 7) is -0.106. The number of ether oxygens (including phenoxy) is 1. The number of rotatable bonds is 5. The summed E-state index contributed by atoms with van der Waals surface area (Å²) in [5.74, 6) is -0.128. The maximum absolute atomic E-state index is 13.4. The van der Waals surface area contributed by atoms with Gasteiger partial charge in [-0.3, -0.25) is 0 Å². The van der Waals surface area contributed by atoms with Gasteiger partial charge in [0.15, 0.2) is 0 Å². The molecule has 1 fully saturated rings. The van der Waals surface area contributed by atoms with Crippen molar-refractivity contribution in [3.8, 4) is 5.75 Å². The molecule has 1 aromatic carbocycles. The molecule has 1 heterocycles. The summed E-state index contributed by atoms with van der Waals surface area (Å²) in [6.07, 6.45) is 2.87. The molecule has 0 bridgehead atoms. The highest BCUT2D eigenvalue weighted by Gasteiger charge is 2.23. The molecule has 1 unspecified atom stereocenters. The lowest BCUT2D eigenvalue weighted by Gasteiger charge is -2.14. The van der Waals surface area contributed by atoms with Crippen LogP contribution in [0.1, 0.15) is 43.4 Å². The summed E-state index contributed by atoms with van der Waals surface area (Å²) in [5, 5.41) is 18.1. The number of aliphatic hydroxyl groups excluding tert-OH is 1. The Bertz CT molecular complexity index is 737. The Morgan fingerprint density at radius 2 is 2.13 bits per heavy atom. The molecule has 0 spiro atoms. The number of hydrogen-bond acceptors (Lipinski definition) is 5. The van der Waals surface area contributed by atoms with Crippen LogP contribution in [0.25, 0.3) is 0 Å². The third-order valence-corrected chi connectivity index (χ3v) is 4.23. The highest BCUT2D eigenvalue weighted by atomic mass is 19.1. The Hall–Kier alpha value is -2.22. The van der Waals surface area contributed by atoms with Crippen molar-refractivity contribution in [2.24, 2.45) is 0 Å². The minimum absolute atomic E-state index is 0.0806. The molecule has 8 heteroatoms. The van der Waals surface area contributed by atoms with Crippen LogP contribution in [-0.2, 0) is 6.54 Å². The number of methoxy groups -OCH3 is 1. The van der Waals surface area contributed by atoms with Gasteiger partial charge >= 0.3 is 5.69 Å². The van der Waals surface area contributed by atoms with Crippen LogP contribution >= 0.6 is 0 Å². The van der Waals surface area contributed by atoms with Gasteiger partial charge in [-0.25, -0.2) is 9.18 Å². The molecule has 1 aromatic heterocycles. The summed E-state index contributed by atoms with van der Waals surface area (Å²) in [7, 11) is 1.44. The number of tetrazole rings is 1. The van der Waals surface area contributed by atoms with E-state index in [1.165, 1.54) is 30.0 Å². The lowest BCUT2D eigenvalue weighted by molar-refractivity contribution is 0.145. The van der Waals surface area contributed by atoms with Gasteiger partial charge in [0.25, 0.3) is 0 Å². The van der Waals surface area contributed by atoms with Crippen LogP contribution in [0, 0.1) is 5.82 Å². The first-order valence-electron chi connectivity index (χ1n) is 7.64. The van der Waals surface area contributed by atoms with Crippen molar-refractivity contribution in [2.45, 2.75) is 44.4 Å². The molecule has 1 atom stereocenters. The largest absolute Gasteiger partial charge is 0.496 e. The molecule has 0 amide bonds. The minimum atomic E-state index is -1.12. The second kappa shape index (κ2) is 6.49. The second-order valence-corrected chi connectivity index (χ2v) is 5.73. The number of nitrogens with zero attached hydrogens (tertiary/aromatic N) is 4. The Balaban J connectivity index is 1.82. The zero-order valence-corrected chi connectivity index (χ0v) is 12.9. The monoisotopic (exact) mass is 322 g/mol. The van der Waals surface area contributed by atoms with E-state index in [0.717, 1.165) is 30.4 Å². The third kappa shape index (κ3) is 3.12. The molecule has 1 aliphatic carbocycles. The first-order valence-corrected chi connectivity index (χ1v) is 7.64. The van der Waals surface area contributed by atoms with Gasteiger partial charge in [0.05, 0.1) is 19.7 Å². The van der Waals surface area contributed by atoms with Crippen molar-refractivity contribution in [2.75, 3.05) is 7.11 Å². The van der Waals surface area contributed by atoms with Gasteiger partial charge in [-0.2, -0.15) is 9.36 Å². The van der Waals surface area contributed by atoms with Gasteiger partial charge < -0.3 is 9.84 Å². The van der Waals surface area contributed by atoms with E-state index in [0.29, 0.717) is 5.75 Å². The Kier molecular flexibility index (Phi) is 4.42. The lowest BCUT2D eigenvalue weighted by atomic mass is 10.1. The van der Waals surface area contributed by atoms with Gasteiger partial charge in [0, 0.05) is 5.56 Å². The Labute approximate surface area is 132 Å². The van der Waals surface area contributed by atoms with E-state index in [-0.39, 0.29) is 23.8 Å². The summed E-state index contributed by atoms with van der Waals surface area (Å²) < 4.78 is 21.0. The smallest absolute Gasteiger partial charge is 0.364 e. The minimum Gasteiger partial charge on any atom is -0.496 e. The second-order valence-electron chi connectivity index (χ2n) is 5.73. The van der Waals surface area contributed by atoms with E-state index < -0.39 is 11.9 Å². The van der Waals surface area contributed by atoms with Crippen molar-refractivity contribution in [3.63, 3.8) is 0 Å². The number of halogens is 1. The SMILES string of the molecule is COc1ccc(F)cc1C(O)Cn1nnn(C2CCCC2)c1=O. The number of benzene rings is 1. The number of hydrogen-bond donors (Lipinski definition) is 1. The molecule has 1 saturated carbocycles. The van der Waals surface area contributed by atoms with Crippen LogP contribution in [0.15, 0.2) is 23.0 Å². The fraction of sp³-hybridized carbons (Fsp3) is 0.533. The zero-order valence-electron chi connectivity index (χ0n) is 12.9. The first kappa shape index (κ1) is 15.7. The third-order valence-electron chi connectivity index (χ3n) is 4.23. The van der Waals surface area contributed by atoms with E-state index in [2.05, 4.69) is 10.4 Å². The van der Waals surface area contributed by atoms with Crippen molar-refractivity contribution >= 4 is 0 Å². The first-order chi connectivity index (χ1) is 11.1. The highest BCUT2D eigenvalue weighted by Crippen LogP contribution is 2.28. The molecule has 3 rings (SSSR count). The molecule has 1 N–H and O–H groups in total. The van der Waals surface area contributed by atoms with Crippen molar-refractivity contribution in [3.05, 3.63) is 40.1 Å². The highest BCUT2D eigenvalue weighted by molar-refractivity contribution is 5.35. The van der Waals surface area contributed by atoms with Gasteiger partial charge in [-0.15, -0.1) is 0 Å². The fourth-order valence-corrected chi connectivity index (χ4v) is 3.01. The molecule has 1 aliphatic rings. The average molecular weight is 322 g/mol. The summed E-state index contributed by atoms with van der Waals surface area (Å²) in [4.78, 5) is 12.3. The predicted octanol–water partition coefficient (Wildman–Crippen LogP) is 1.44. The van der Waals surface area contributed by atoms with Gasteiger partial charge in [-0.1, -0.05) is 12.8 Å². The topological polar surface area (TPSA) is 82.2 Å². The molecular formula is C15H19FN4O3. The van der Waals surface area contributed by atoms with Crippen LogP contribution in [0.2, 0.25) is 0 Å². The maximum atomic E-state index is 13.4. The van der Waals surface area contributed by atoms with Gasteiger partial charge in [0.1, 0.15) is 17.7 Å². The molecule has 0 aliphatic heterocycles. The predicted molar refractivity (Wildman–Crippen MR) is 79.7 cm³/mol. The standard InChI is InChI=1S/C15H19FN4O3/c1-23-14-7-6-10(16)8-12(14)13(21)9-19-15(22)20(18-17-19)11-4-2-3-5-11/h6-8,11,13,21H,2-5,9H2,1H3. The Morgan fingerprint density at radius 3 is 2.83 bits per heavy atom. The van der Waals surface area contributed by atoms with Crippen molar-refractivity contribution in [1.29, 1.82) is 0 Å². The van der Waals surface area contributed by atoms with Crippen LogP contribution < -0.4 is 10.4 Å². The van der Waals surface area contributed by atoms with E-state index in [9.17, 15) is 14.3 Å². The van der Waals surface area contributed by atoms with Crippen LogP contribution in [0.4, 0.5) is 4.39 Å². The number of aromatic nitrogens is 4. The van der Waals surface area contributed by atoms with E-state index in [1.807, 2.05) is 0 Å². The summed E-state index contributed by atoms with van der Waals surface area (Å²) in [5.41, 5.74) is -0.0823. The van der Waals surface area contributed by atoms with E-state index in [1.54, 1.807) is 0 Å². The zero-order chi connectivity index (χ0) is 16.4. The van der Waals surface area contributed by atoms with Gasteiger partial charge in [0.2, 0.25) is 0 Å². The molecule has 124 valence electrons. The molecule has 2 aromatic rings. The maximum Gasteiger partial charge on any atom is 0.364 e. The van der Waals surface area contributed by atoms with E-state index >= 15 is 0 Å². The number of aliphatic hydroxyl groups is 1. The molecule has 0 radical (unpaired) electrons. The quantitative estimate of drug-likeness (QED) is 0.900. The van der Waals surface area contributed by atoms with Crippen LogP contribution in [-0.4, -0.2) is 32.0 Å². The van der Waals surface area contributed by atoms with Gasteiger partial charge in [-0.05, 0) is 41.5 Å². The molecule has 0 saturated heterocycles. The van der Waals surface area contributed by atoms with E-state index in [4.69, 9.17) is 4.74 Å². The molecular weight excluding hydrogens is 303 g/mol. The lowest BCUT2D eigenvalue weighted by Crippen LogP contribution is -2.29.